The summed E-state index contributed by atoms with van der Waals surface area (Å²) in [4.78, 5) is 24.3. The monoisotopic (exact) mass is 432 g/mol. The van der Waals surface area contributed by atoms with E-state index in [9.17, 15) is 18.0 Å². The van der Waals surface area contributed by atoms with Crippen molar-refractivity contribution in [3.05, 3.63) is 65.2 Å². The number of nitrogens with zero attached hydrogens (tertiary/aromatic N) is 1. The lowest BCUT2D eigenvalue weighted by molar-refractivity contribution is -0.116. The molecule has 0 aromatic heterocycles. The molecular formula is C22H28N2O5S. The number of anilines is 1. The van der Waals surface area contributed by atoms with Crippen LogP contribution in [0.4, 0.5) is 5.69 Å². The summed E-state index contributed by atoms with van der Waals surface area (Å²) >= 11 is 0. The van der Waals surface area contributed by atoms with Gasteiger partial charge in [0.25, 0.3) is 0 Å². The van der Waals surface area contributed by atoms with Crippen LogP contribution in [0.1, 0.15) is 41.3 Å². The Morgan fingerprint density at radius 3 is 2.23 bits per heavy atom. The molecule has 2 rings (SSSR count). The maximum Gasteiger partial charge on any atom is 0.338 e. The first kappa shape index (κ1) is 23.6. The molecule has 0 heterocycles. The zero-order valence-corrected chi connectivity index (χ0v) is 18.4. The number of carbonyl (C=O) groups excluding carboxylic acids is 2. The second-order valence-corrected chi connectivity index (χ2v) is 9.11. The van der Waals surface area contributed by atoms with Gasteiger partial charge >= 0.3 is 5.97 Å². The molecule has 0 spiro atoms. The summed E-state index contributed by atoms with van der Waals surface area (Å²) in [5.74, 6) is -0.881. The Kier molecular flexibility index (Phi) is 8.56. The Morgan fingerprint density at radius 1 is 1.03 bits per heavy atom. The van der Waals surface area contributed by atoms with Gasteiger partial charge in [0.05, 0.1) is 25.0 Å². The Morgan fingerprint density at radius 2 is 1.67 bits per heavy atom. The van der Waals surface area contributed by atoms with Gasteiger partial charge in [0.2, 0.25) is 15.9 Å². The molecular weight excluding hydrogens is 404 g/mol. The standard InChI is InChI=1S/C22H28N2O5S/c1-4-5-14-29-22(26)19-10-12-20(13-11-19)23-21(25)16-24(30(3,27)28)15-18-8-6-17(2)7-9-18/h6-13H,4-5,14-16H2,1-3H3,(H,23,25). The molecule has 1 N–H and O–H groups in total. The predicted octanol–water partition coefficient (Wildman–Crippen LogP) is 3.35. The van der Waals surface area contributed by atoms with Gasteiger partial charge in [-0.3, -0.25) is 4.79 Å². The number of sulfonamides is 1. The van der Waals surface area contributed by atoms with Crippen LogP contribution in [0, 0.1) is 6.92 Å². The van der Waals surface area contributed by atoms with Crippen molar-refractivity contribution in [1.82, 2.24) is 4.31 Å². The summed E-state index contributed by atoms with van der Waals surface area (Å²) in [7, 11) is -3.58. The van der Waals surface area contributed by atoms with Crippen LogP contribution in [0.2, 0.25) is 0 Å². The number of aryl methyl sites for hydroxylation is 1. The molecule has 7 nitrogen and oxygen atoms in total. The minimum absolute atomic E-state index is 0.106. The van der Waals surface area contributed by atoms with Crippen molar-refractivity contribution in [3.8, 4) is 0 Å². The van der Waals surface area contributed by atoms with Crippen molar-refractivity contribution in [2.24, 2.45) is 0 Å². The number of carbonyl (C=O) groups is 2. The van der Waals surface area contributed by atoms with E-state index in [1.54, 1.807) is 24.3 Å². The summed E-state index contributed by atoms with van der Waals surface area (Å²) in [5.41, 5.74) is 2.72. The number of esters is 1. The molecule has 0 aliphatic carbocycles. The van der Waals surface area contributed by atoms with E-state index in [4.69, 9.17) is 4.74 Å². The highest BCUT2D eigenvalue weighted by Crippen LogP contribution is 2.13. The lowest BCUT2D eigenvalue weighted by Gasteiger charge is -2.19. The largest absolute Gasteiger partial charge is 0.462 e. The number of hydrogen-bond acceptors (Lipinski definition) is 5. The number of rotatable bonds is 10. The Bertz CT molecular complexity index is 954. The molecule has 2 aromatic carbocycles. The highest BCUT2D eigenvalue weighted by Gasteiger charge is 2.20. The zero-order valence-electron chi connectivity index (χ0n) is 17.6. The molecule has 30 heavy (non-hydrogen) atoms. The van der Waals surface area contributed by atoms with Crippen LogP contribution < -0.4 is 5.32 Å². The number of benzene rings is 2. The fraction of sp³-hybridized carbons (Fsp3) is 0.364. The summed E-state index contributed by atoms with van der Waals surface area (Å²) < 4.78 is 30.5. The third-order valence-electron chi connectivity index (χ3n) is 4.40. The van der Waals surface area contributed by atoms with Crippen molar-refractivity contribution in [1.29, 1.82) is 0 Å². The quantitative estimate of drug-likeness (QED) is 0.459. The Balaban J connectivity index is 1.97. The molecule has 0 fully saturated rings. The van der Waals surface area contributed by atoms with Crippen LogP contribution in [-0.2, 0) is 26.1 Å². The van der Waals surface area contributed by atoms with Gasteiger partial charge in [0, 0.05) is 12.2 Å². The molecule has 0 saturated heterocycles. The first-order valence-corrected chi connectivity index (χ1v) is 11.6. The normalized spacial score (nSPS) is 11.3. The molecule has 0 radical (unpaired) electrons. The SMILES string of the molecule is CCCCOC(=O)c1ccc(NC(=O)CN(Cc2ccc(C)cc2)S(C)(=O)=O)cc1. The van der Waals surface area contributed by atoms with Crippen LogP contribution in [-0.4, -0.2) is 44.0 Å². The van der Waals surface area contributed by atoms with Gasteiger partial charge in [0.15, 0.2) is 0 Å². The Labute approximate surface area is 178 Å². The number of nitrogens with one attached hydrogen (secondary N) is 1. The second-order valence-electron chi connectivity index (χ2n) is 7.13. The molecule has 0 bridgehead atoms. The number of ether oxygens (including phenoxy) is 1. The van der Waals surface area contributed by atoms with Gasteiger partial charge in [0.1, 0.15) is 0 Å². The van der Waals surface area contributed by atoms with E-state index in [0.29, 0.717) is 17.9 Å². The topological polar surface area (TPSA) is 92.8 Å². The molecule has 0 aliphatic heterocycles. The third kappa shape index (κ3) is 7.61. The van der Waals surface area contributed by atoms with Crippen LogP contribution in [0.15, 0.2) is 48.5 Å². The van der Waals surface area contributed by atoms with Crippen LogP contribution in [0.3, 0.4) is 0 Å². The van der Waals surface area contributed by atoms with Gasteiger partial charge in [-0.2, -0.15) is 4.31 Å². The van der Waals surface area contributed by atoms with Gasteiger partial charge in [-0.05, 0) is 43.2 Å². The van der Waals surface area contributed by atoms with E-state index in [-0.39, 0.29) is 13.1 Å². The molecule has 0 saturated carbocycles. The highest BCUT2D eigenvalue weighted by molar-refractivity contribution is 7.88. The predicted molar refractivity (Wildman–Crippen MR) is 117 cm³/mol. The second kappa shape index (κ2) is 10.9. The fourth-order valence-corrected chi connectivity index (χ4v) is 3.37. The summed E-state index contributed by atoms with van der Waals surface area (Å²) in [6.45, 7) is 4.12. The molecule has 0 unspecified atom stereocenters. The average molecular weight is 433 g/mol. The summed E-state index contributed by atoms with van der Waals surface area (Å²) in [5, 5.41) is 2.66. The van der Waals surface area contributed by atoms with E-state index < -0.39 is 21.9 Å². The van der Waals surface area contributed by atoms with Crippen molar-refractivity contribution in [2.75, 3.05) is 24.7 Å². The van der Waals surface area contributed by atoms with Gasteiger partial charge < -0.3 is 10.1 Å². The lowest BCUT2D eigenvalue weighted by Crippen LogP contribution is -2.36. The minimum atomic E-state index is -3.58. The van der Waals surface area contributed by atoms with Crippen LogP contribution in [0.5, 0.6) is 0 Å². The van der Waals surface area contributed by atoms with E-state index in [1.807, 2.05) is 38.1 Å². The number of amides is 1. The number of unbranched alkanes of at least 4 members (excludes halogenated alkanes) is 1. The molecule has 2 aromatic rings. The maximum absolute atomic E-state index is 12.4. The van der Waals surface area contributed by atoms with E-state index in [2.05, 4.69) is 5.32 Å². The molecule has 8 heteroatoms. The van der Waals surface area contributed by atoms with Crippen molar-refractivity contribution < 1.29 is 22.7 Å². The van der Waals surface area contributed by atoms with Crippen LogP contribution >= 0.6 is 0 Å². The molecule has 0 atom stereocenters. The summed E-state index contributed by atoms with van der Waals surface area (Å²) in [6.07, 6.45) is 2.82. The van der Waals surface area contributed by atoms with Crippen LogP contribution in [0.25, 0.3) is 0 Å². The minimum Gasteiger partial charge on any atom is -0.462 e. The van der Waals surface area contributed by atoms with E-state index >= 15 is 0 Å². The third-order valence-corrected chi connectivity index (χ3v) is 5.60. The maximum atomic E-state index is 12.4. The lowest BCUT2D eigenvalue weighted by atomic mass is 10.1. The average Bonchev–Trinajstić information content (AvgIpc) is 2.69. The first-order chi connectivity index (χ1) is 14.2. The zero-order chi connectivity index (χ0) is 22.1. The van der Waals surface area contributed by atoms with E-state index in [1.165, 1.54) is 0 Å². The summed E-state index contributed by atoms with van der Waals surface area (Å²) in [6, 6.07) is 13.7. The molecule has 0 aliphatic rings. The van der Waals surface area contributed by atoms with E-state index in [0.717, 1.165) is 34.5 Å². The van der Waals surface area contributed by atoms with Gasteiger partial charge in [-0.1, -0.05) is 43.2 Å². The Hall–Kier alpha value is -2.71. The molecule has 162 valence electrons. The van der Waals surface area contributed by atoms with Crippen molar-refractivity contribution in [3.63, 3.8) is 0 Å². The molecule has 1 amide bonds. The highest BCUT2D eigenvalue weighted by atomic mass is 32.2. The fourth-order valence-electron chi connectivity index (χ4n) is 2.63. The van der Waals surface area contributed by atoms with Gasteiger partial charge in [-0.15, -0.1) is 0 Å². The van der Waals surface area contributed by atoms with Gasteiger partial charge in [-0.25, -0.2) is 13.2 Å². The van der Waals surface area contributed by atoms with Crippen molar-refractivity contribution >= 4 is 27.6 Å². The van der Waals surface area contributed by atoms with Crippen molar-refractivity contribution in [2.45, 2.75) is 33.2 Å². The first-order valence-electron chi connectivity index (χ1n) is 9.76. The number of hydrogen-bond donors (Lipinski definition) is 1. The smallest absolute Gasteiger partial charge is 0.338 e.